The lowest BCUT2D eigenvalue weighted by molar-refractivity contribution is -0.139. The largest absolute Gasteiger partial charge is 0.417 e. The summed E-state index contributed by atoms with van der Waals surface area (Å²) in [5.74, 6) is 0. The third-order valence-corrected chi connectivity index (χ3v) is 5.87. The smallest absolute Gasteiger partial charge is 0.280 e. The van der Waals surface area contributed by atoms with Crippen LogP contribution >= 0.6 is 11.6 Å². The molecule has 0 unspecified atom stereocenters. The van der Waals surface area contributed by atoms with E-state index < -0.39 is 36.5 Å². The summed E-state index contributed by atoms with van der Waals surface area (Å²) >= 11 is 5.52. The van der Waals surface area contributed by atoms with Gasteiger partial charge in [0.25, 0.3) is 10.0 Å². The van der Waals surface area contributed by atoms with Gasteiger partial charge in [-0.3, -0.25) is 4.72 Å². The highest BCUT2D eigenvalue weighted by Crippen LogP contribution is 2.36. The van der Waals surface area contributed by atoms with E-state index in [0.29, 0.717) is 6.07 Å². The van der Waals surface area contributed by atoms with Crippen LogP contribution in [0.5, 0.6) is 0 Å². The topological polar surface area (TPSA) is 80.3 Å². The van der Waals surface area contributed by atoms with Crippen molar-refractivity contribution in [2.24, 2.45) is 0 Å². The Bertz CT molecular complexity index is 1000. The zero-order valence-electron chi connectivity index (χ0n) is 12.5. The van der Waals surface area contributed by atoms with E-state index in [1.165, 1.54) is 0 Å². The maximum Gasteiger partial charge on any atom is 0.417 e. The minimum atomic E-state index is -4.92. The van der Waals surface area contributed by atoms with Gasteiger partial charge in [-0.25, -0.2) is 16.8 Å². The normalized spacial score (nSPS) is 12.8. The van der Waals surface area contributed by atoms with Gasteiger partial charge in [0.2, 0.25) is 0 Å². The van der Waals surface area contributed by atoms with Crippen molar-refractivity contribution < 1.29 is 30.0 Å². The molecule has 1 N–H and O–H groups in total. The molecule has 0 heterocycles. The van der Waals surface area contributed by atoms with Gasteiger partial charge in [-0.15, -0.1) is 0 Å². The zero-order valence-corrected chi connectivity index (χ0v) is 14.9. The summed E-state index contributed by atoms with van der Waals surface area (Å²) in [6.07, 6.45) is -3.95. The summed E-state index contributed by atoms with van der Waals surface area (Å²) in [7, 11) is -8.06. The van der Waals surface area contributed by atoms with Gasteiger partial charge in [-0.05, 0) is 42.5 Å². The summed E-state index contributed by atoms with van der Waals surface area (Å²) in [4.78, 5) is -1.05. The van der Waals surface area contributed by atoms with Crippen LogP contribution in [0.4, 0.5) is 18.9 Å². The fourth-order valence-electron chi connectivity index (χ4n) is 1.94. The zero-order chi connectivity index (χ0) is 19.0. The van der Waals surface area contributed by atoms with Crippen molar-refractivity contribution >= 4 is 37.1 Å². The molecule has 0 atom stereocenters. The molecule has 0 radical (unpaired) electrons. The van der Waals surface area contributed by atoms with Crippen LogP contribution in [0.25, 0.3) is 0 Å². The first-order chi connectivity index (χ1) is 11.3. The lowest BCUT2D eigenvalue weighted by atomic mass is 10.2. The van der Waals surface area contributed by atoms with Crippen LogP contribution in [0.1, 0.15) is 5.56 Å². The monoisotopic (exact) mass is 413 g/mol. The van der Waals surface area contributed by atoms with Crippen molar-refractivity contribution in [2.75, 3.05) is 11.0 Å². The molecule has 5 nitrogen and oxygen atoms in total. The minimum absolute atomic E-state index is 0.0575. The Morgan fingerprint density at radius 3 is 2.00 bits per heavy atom. The molecule has 0 fully saturated rings. The number of halogens is 4. The molecule has 11 heteroatoms. The number of nitrogens with one attached hydrogen (secondary N) is 1. The van der Waals surface area contributed by atoms with E-state index in [1.807, 2.05) is 4.72 Å². The van der Waals surface area contributed by atoms with Crippen LogP contribution in [0.2, 0.25) is 5.02 Å². The molecule has 0 aliphatic heterocycles. The first-order valence-electron chi connectivity index (χ1n) is 6.50. The number of sulfonamides is 1. The molecule has 2 rings (SSSR count). The molecule has 0 bridgehead atoms. The first-order valence-corrected chi connectivity index (χ1v) is 10.3. The second-order valence-electron chi connectivity index (χ2n) is 5.04. The summed E-state index contributed by atoms with van der Waals surface area (Å²) in [6, 6.07) is 6.84. The predicted octanol–water partition coefficient (Wildman–Crippen LogP) is 3.56. The number of benzene rings is 2. The van der Waals surface area contributed by atoms with Crippen LogP contribution in [0.3, 0.4) is 0 Å². The fraction of sp³-hybridized carbons (Fsp3) is 0.143. The van der Waals surface area contributed by atoms with Gasteiger partial charge < -0.3 is 0 Å². The molecule has 0 aromatic heterocycles. The van der Waals surface area contributed by atoms with Gasteiger partial charge in [0.05, 0.1) is 15.4 Å². The number of rotatable bonds is 4. The van der Waals surface area contributed by atoms with E-state index >= 15 is 0 Å². The first kappa shape index (κ1) is 19.5. The molecule has 0 aliphatic rings. The third-order valence-electron chi connectivity index (χ3n) is 3.07. The minimum Gasteiger partial charge on any atom is -0.280 e. The average molecular weight is 414 g/mol. The number of hydrogen-bond donors (Lipinski definition) is 1. The van der Waals surface area contributed by atoms with Gasteiger partial charge in [0.1, 0.15) is 0 Å². The fourth-order valence-corrected chi connectivity index (χ4v) is 4.01. The summed E-state index contributed by atoms with van der Waals surface area (Å²) in [5.41, 5.74) is -1.49. The lowest BCUT2D eigenvalue weighted by Gasteiger charge is -2.15. The van der Waals surface area contributed by atoms with Gasteiger partial charge in [-0.1, -0.05) is 11.6 Å². The second-order valence-corrected chi connectivity index (χ2v) is 9.14. The highest BCUT2D eigenvalue weighted by Gasteiger charge is 2.37. The molecule has 0 spiro atoms. The Morgan fingerprint density at radius 2 is 1.52 bits per heavy atom. The van der Waals surface area contributed by atoms with Crippen LogP contribution < -0.4 is 4.72 Å². The van der Waals surface area contributed by atoms with E-state index in [9.17, 15) is 30.0 Å². The molecular formula is C14H11ClF3NO4S2. The van der Waals surface area contributed by atoms with Gasteiger partial charge in [-0.2, -0.15) is 13.2 Å². The van der Waals surface area contributed by atoms with Crippen molar-refractivity contribution in [2.45, 2.75) is 16.0 Å². The lowest BCUT2D eigenvalue weighted by Crippen LogP contribution is -2.19. The van der Waals surface area contributed by atoms with Crippen molar-refractivity contribution in [3.8, 4) is 0 Å². The Labute approximate surface area is 147 Å². The molecule has 136 valence electrons. The highest BCUT2D eigenvalue weighted by molar-refractivity contribution is 7.92. The Hall–Kier alpha value is -1.78. The number of hydrogen-bond acceptors (Lipinski definition) is 4. The van der Waals surface area contributed by atoms with Crippen LogP contribution in [0.15, 0.2) is 52.3 Å². The van der Waals surface area contributed by atoms with Crippen LogP contribution in [-0.4, -0.2) is 23.1 Å². The highest BCUT2D eigenvalue weighted by atomic mass is 35.5. The van der Waals surface area contributed by atoms with Crippen molar-refractivity contribution in [3.63, 3.8) is 0 Å². The summed E-state index contributed by atoms with van der Waals surface area (Å²) < 4.78 is 88.5. The SMILES string of the molecule is CS(=O)(=O)c1ccc(NS(=O)(=O)c2ccc(Cl)cc2C(F)(F)F)cc1. The summed E-state index contributed by atoms with van der Waals surface area (Å²) in [6.45, 7) is 0. The van der Waals surface area contributed by atoms with E-state index in [1.54, 1.807) is 0 Å². The van der Waals surface area contributed by atoms with E-state index in [4.69, 9.17) is 11.6 Å². The Kier molecular flexibility index (Phi) is 5.08. The van der Waals surface area contributed by atoms with Crippen LogP contribution in [0, 0.1) is 0 Å². The maximum absolute atomic E-state index is 13.1. The molecule has 0 saturated heterocycles. The standard InChI is InChI=1S/C14H11ClF3NO4S2/c1-24(20,21)11-5-3-10(4-6-11)19-25(22,23)13-7-2-9(15)8-12(13)14(16,17)18/h2-8,19H,1H3. The molecule has 2 aromatic rings. The van der Waals surface area contributed by atoms with Gasteiger partial charge >= 0.3 is 6.18 Å². The molecule has 0 aliphatic carbocycles. The molecule has 0 saturated carbocycles. The van der Waals surface area contributed by atoms with Gasteiger partial charge in [0, 0.05) is 17.0 Å². The second kappa shape index (κ2) is 6.50. The number of sulfone groups is 1. The van der Waals surface area contributed by atoms with Gasteiger partial charge in [0.15, 0.2) is 9.84 Å². The predicted molar refractivity (Wildman–Crippen MR) is 86.8 cm³/mol. The Morgan fingerprint density at radius 1 is 0.960 bits per heavy atom. The number of alkyl halides is 3. The Balaban J connectivity index is 2.44. The molecule has 2 aromatic carbocycles. The summed E-state index contributed by atoms with van der Waals surface area (Å²) in [5, 5.41) is -0.260. The third kappa shape index (κ3) is 4.65. The van der Waals surface area contributed by atoms with E-state index in [0.717, 1.165) is 42.7 Å². The molecule has 0 amide bonds. The van der Waals surface area contributed by atoms with E-state index in [2.05, 4.69) is 0 Å². The molecule has 25 heavy (non-hydrogen) atoms. The van der Waals surface area contributed by atoms with Crippen molar-refractivity contribution in [1.82, 2.24) is 0 Å². The van der Waals surface area contributed by atoms with Crippen LogP contribution in [-0.2, 0) is 26.0 Å². The molecular weight excluding hydrogens is 403 g/mol. The van der Waals surface area contributed by atoms with Crippen molar-refractivity contribution in [3.05, 3.63) is 53.1 Å². The average Bonchev–Trinajstić information content (AvgIpc) is 2.45. The quantitative estimate of drug-likeness (QED) is 0.831. The van der Waals surface area contributed by atoms with Crippen molar-refractivity contribution in [1.29, 1.82) is 0 Å². The van der Waals surface area contributed by atoms with E-state index in [-0.39, 0.29) is 15.6 Å². The maximum atomic E-state index is 13.1. The number of anilines is 1.